The molecule has 0 saturated carbocycles. The van der Waals surface area contributed by atoms with E-state index in [0.29, 0.717) is 35.6 Å². The van der Waals surface area contributed by atoms with Crippen molar-refractivity contribution in [3.05, 3.63) is 95.3 Å². The summed E-state index contributed by atoms with van der Waals surface area (Å²) >= 11 is 0. The second-order valence-corrected chi connectivity index (χ2v) is 11.8. The Morgan fingerprint density at radius 2 is 1.63 bits per heavy atom. The van der Waals surface area contributed by atoms with Crippen LogP contribution >= 0.6 is 0 Å². The molecule has 0 aliphatic carbocycles. The number of hydrogen-bond donors (Lipinski definition) is 1. The standard InChI is InChI=1S/C33H36F3N7O3/c1-21(44)37-24-16-25-18-41(20-28(42(25)17-24)30(22-10-6-4-7-11-22)23-12-8-5-9-13-23)19-26-29(45-2)15-14-27(31(26)46-3)43-32(33(34,35)36)38-39-40-43/h4-15,24-25,28,30H,16-20H2,1-3H3,(H,37,44)/t24-,25+,28+/m1/s1. The Hall–Kier alpha value is -4.49. The van der Waals surface area contributed by atoms with Crippen molar-refractivity contribution in [3.63, 3.8) is 0 Å². The summed E-state index contributed by atoms with van der Waals surface area (Å²) < 4.78 is 53.5. The molecule has 46 heavy (non-hydrogen) atoms. The predicted molar refractivity (Wildman–Crippen MR) is 164 cm³/mol. The van der Waals surface area contributed by atoms with Crippen molar-refractivity contribution in [2.24, 2.45) is 0 Å². The molecule has 3 heterocycles. The van der Waals surface area contributed by atoms with Crippen molar-refractivity contribution in [3.8, 4) is 17.2 Å². The quantitative estimate of drug-likeness (QED) is 0.291. The van der Waals surface area contributed by atoms with Crippen LogP contribution in [0.15, 0.2) is 72.8 Å². The number of aromatic nitrogens is 4. The summed E-state index contributed by atoms with van der Waals surface area (Å²) in [6.07, 6.45) is -3.99. The van der Waals surface area contributed by atoms with E-state index in [4.69, 9.17) is 9.47 Å². The summed E-state index contributed by atoms with van der Waals surface area (Å²) in [6.45, 7) is 3.93. The lowest BCUT2D eigenvalue weighted by atomic mass is 9.82. The number of piperazine rings is 1. The van der Waals surface area contributed by atoms with Crippen molar-refractivity contribution in [2.45, 2.75) is 50.1 Å². The van der Waals surface area contributed by atoms with Gasteiger partial charge in [0.2, 0.25) is 5.91 Å². The normalized spacial score (nSPS) is 20.5. The molecule has 3 aromatic carbocycles. The largest absolute Gasteiger partial charge is 0.496 e. The van der Waals surface area contributed by atoms with Crippen molar-refractivity contribution >= 4 is 5.91 Å². The second kappa shape index (κ2) is 13.1. The van der Waals surface area contributed by atoms with E-state index >= 15 is 0 Å². The van der Waals surface area contributed by atoms with E-state index < -0.39 is 12.0 Å². The summed E-state index contributed by atoms with van der Waals surface area (Å²) in [4.78, 5) is 16.9. The molecule has 3 atom stereocenters. The van der Waals surface area contributed by atoms with Gasteiger partial charge in [0.1, 0.15) is 11.4 Å². The number of halogens is 3. The molecule has 2 saturated heterocycles. The minimum absolute atomic E-state index is 0.00477. The number of fused-ring (bicyclic) bond motifs is 1. The first kappa shape index (κ1) is 31.5. The number of ether oxygens (including phenoxy) is 2. The first-order valence-electron chi connectivity index (χ1n) is 15.1. The highest BCUT2D eigenvalue weighted by Crippen LogP contribution is 2.41. The third kappa shape index (κ3) is 6.29. The number of hydrogen-bond acceptors (Lipinski definition) is 8. The molecule has 10 nitrogen and oxygen atoms in total. The van der Waals surface area contributed by atoms with Gasteiger partial charge in [-0.25, -0.2) is 0 Å². The molecule has 2 aliphatic heterocycles. The van der Waals surface area contributed by atoms with Gasteiger partial charge in [-0.05, 0) is 40.1 Å². The van der Waals surface area contributed by atoms with Crippen molar-refractivity contribution in [1.82, 2.24) is 35.3 Å². The van der Waals surface area contributed by atoms with Gasteiger partial charge in [-0.15, -0.1) is 5.10 Å². The Bertz CT molecular complexity index is 1610. The Morgan fingerprint density at radius 1 is 0.957 bits per heavy atom. The van der Waals surface area contributed by atoms with Crippen LogP contribution in [0.25, 0.3) is 5.69 Å². The third-order valence-electron chi connectivity index (χ3n) is 8.86. The SMILES string of the molecule is COc1ccc(-n2nnnc2C(F)(F)F)c(OC)c1CN1C[C@@H]2C[C@@H](NC(C)=O)CN2[C@H](C(c2ccccc2)c2ccccc2)C1. The topological polar surface area (TPSA) is 97.6 Å². The van der Waals surface area contributed by atoms with E-state index in [-0.39, 0.29) is 41.4 Å². The molecule has 6 rings (SSSR count). The lowest BCUT2D eigenvalue weighted by Crippen LogP contribution is -2.58. The van der Waals surface area contributed by atoms with Gasteiger partial charge in [-0.2, -0.15) is 17.9 Å². The van der Waals surface area contributed by atoms with E-state index in [1.165, 1.54) is 38.3 Å². The number of nitrogens with zero attached hydrogens (tertiary/aromatic N) is 6. The van der Waals surface area contributed by atoms with Gasteiger partial charge in [-0.1, -0.05) is 60.7 Å². The van der Waals surface area contributed by atoms with Crippen LogP contribution in [0.2, 0.25) is 0 Å². The third-order valence-corrected chi connectivity index (χ3v) is 8.86. The van der Waals surface area contributed by atoms with Crippen LogP contribution < -0.4 is 14.8 Å². The molecule has 13 heteroatoms. The number of rotatable bonds is 9. The maximum atomic E-state index is 13.8. The number of carbonyl (C=O) groups excluding carboxylic acids is 1. The highest BCUT2D eigenvalue weighted by Gasteiger charge is 2.45. The number of amides is 1. The molecule has 1 aromatic heterocycles. The minimum atomic E-state index is -4.77. The molecule has 242 valence electrons. The van der Waals surface area contributed by atoms with Gasteiger partial charge < -0.3 is 14.8 Å². The van der Waals surface area contributed by atoms with E-state index in [2.05, 4.69) is 54.9 Å². The van der Waals surface area contributed by atoms with Gasteiger partial charge in [0.25, 0.3) is 5.82 Å². The van der Waals surface area contributed by atoms with Crippen molar-refractivity contribution in [1.29, 1.82) is 0 Å². The van der Waals surface area contributed by atoms with Crippen LogP contribution in [0.1, 0.15) is 41.8 Å². The number of methoxy groups -OCH3 is 2. The van der Waals surface area contributed by atoms with Crippen LogP contribution in [0.5, 0.6) is 11.5 Å². The van der Waals surface area contributed by atoms with Crippen LogP contribution in [-0.2, 0) is 17.5 Å². The van der Waals surface area contributed by atoms with E-state index in [1.54, 1.807) is 6.07 Å². The molecule has 4 aromatic rings. The number of alkyl halides is 3. The molecule has 1 amide bonds. The Balaban J connectivity index is 1.41. The van der Waals surface area contributed by atoms with Gasteiger partial charge in [-0.3, -0.25) is 14.6 Å². The van der Waals surface area contributed by atoms with E-state index in [1.807, 2.05) is 36.4 Å². The fourth-order valence-corrected chi connectivity index (χ4v) is 7.13. The molecule has 0 radical (unpaired) electrons. The smallest absolute Gasteiger partial charge is 0.453 e. The minimum Gasteiger partial charge on any atom is -0.496 e. The molecule has 0 spiro atoms. The number of benzene rings is 3. The monoisotopic (exact) mass is 635 g/mol. The lowest BCUT2D eigenvalue weighted by molar-refractivity contribution is -0.146. The molecule has 1 N–H and O–H groups in total. The van der Waals surface area contributed by atoms with Crippen LogP contribution in [0.3, 0.4) is 0 Å². The first-order chi connectivity index (χ1) is 22.2. The molecular weight excluding hydrogens is 599 g/mol. The van der Waals surface area contributed by atoms with Gasteiger partial charge in [0.05, 0.1) is 19.8 Å². The average molecular weight is 636 g/mol. The first-order valence-corrected chi connectivity index (χ1v) is 15.1. The average Bonchev–Trinajstić information content (AvgIpc) is 3.69. The van der Waals surface area contributed by atoms with Gasteiger partial charge in [0, 0.05) is 57.1 Å². The number of carbonyl (C=O) groups is 1. The summed E-state index contributed by atoms with van der Waals surface area (Å²) in [5.41, 5.74) is 3.00. The van der Waals surface area contributed by atoms with Crippen LogP contribution in [0.4, 0.5) is 13.2 Å². The summed E-state index contributed by atoms with van der Waals surface area (Å²) in [5.74, 6) is -0.616. The van der Waals surface area contributed by atoms with Gasteiger partial charge >= 0.3 is 6.18 Å². The lowest BCUT2D eigenvalue weighted by Gasteiger charge is -2.47. The zero-order chi connectivity index (χ0) is 32.4. The molecule has 2 fully saturated rings. The fourth-order valence-electron chi connectivity index (χ4n) is 7.13. The molecule has 0 unspecified atom stereocenters. The van der Waals surface area contributed by atoms with Crippen molar-refractivity contribution in [2.75, 3.05) is 33.9 Å². The Kier molecular flexibility index (Phi) is 8.96. The predicted octanol–water partition coefficient (Wildman–Crippen LogP) is 4.29. The Labute approximate surface area is 265 Å². The van der Waals surface area contributed by atoms with Crippen molar-refractivity contribution < 1.29 is 27.4 Å². The highest BCUT2D eigenvalue weighted by atomic mass is 19.4. The zero-order valence-electron chi connectivity index (χ0n) is 25.8. The van der Waals surface area contributed by atoms with E-state index in [0.717, 1.165) is 13.0 Å². The Morgan fingerprint density at radius 3 is 2.22 bits per heavy atom. The van der Waals surface area contributed by atoms with E-state index in [9.17, 15) is 18.0 Å². The summed E-state index contributed by atoms with van der Waals surface area (Å²) in [6, 6.07) is 24.0. The second-order valence-electron chi connectivity index (χ2n) is 11.8. The maximum absolute atomic E-state index is 13.8. The molecule has 0 bridgehead atoms. The summed E-state index contributed by atoms with van der Waals surface area (Å²) in [7, 11) is 2.93. The van der Waals surface area contributed by atoms with Gasteiger partial charge in [0.15, 0.2) is 5.75 Å². The molecule has 2 aliphatic rings. The number of nitrogens with one attached hydrogen (secondary N) is 1. The van der Waals surface area contributed by atoms with Crippen LogP contribution in [-0.4, -0.2) is 87.9 Å². The molecular formula is C33H36F3N7O3. The zero-order valence-corrected chi connectivity index (χ0v) is 25.8. The number of tetrazole rings is 1. The summed E-state index contributed by atoms with van der Waals surface area (Å²) in [5, 5.41) is 13.3. The maximum Gasteiger partial charge on any atom is 0.453 e. The highest BCUT2D eigenvalue weighted by molar-refractivity contribution is 5.73. The fraction of sp³-hybridized carbons (Fsp3) is 0.394. The van der Waals surface area contributed by atoms with Crippen LogP contribution in [0, 0.1) is 0 Å².